The van der Waals surface area contributed by atoms with Gasteiger partial charge in [0.2, 0.25) is 0 Å². The summed E-state index contributed by atoms with van der Waals surface area (Å²) in [4.78, 5) is 4.18. The maximum absolute atomic E-state index is 4.36. The molecule has 94 valence electrons. The Morgan fingerprint density at radius 3 is 3.11 bits per heavy atom. The number of aromatic nitrogens is 3. The lowest BCUT2D eigenvalue weighted by molar-refractivity contribution is 0.571. The molecule has 0 amide bonds. The summed E-state index contributed by atoms with van der Waals surface area (Å²) in [5.41, 5.74) is 3.72. The number of halogens is 1. The maximum Gasteiger partial charge on any atom is 0.0548 e. The molecule has 1 N–H and O–H groups in total. The van der Waals surface area contributed by atoms with Crippen LogP contribution in [0.2, 0.25) is 0 Å². The quantitative estimate of drug-likeness (QED) is 0.927. The van der Waals surface area contributed by atoms with Crippen LogP contribution in [0.25, 0.3) is 0 Å². The molecule has 2 aromatic rings. The lowest BCUT2D eigenvalue weighted by atomic mass is 9.93. The maximum atomic E-state index is 4.36. The minimum absolute atomic E-state index is 0.346. The summed E-state index contributed by atoms with van der Waals surface area (Å²) in [5.74, 6) is 0. The van der Waals surface area contributed by atoms with Crippen molar-refractivity contribution in [3.63, 3.8) is 0 Å². The third-order valence-corrected chi connectivity index (χ3v) is 3.86. The van der Waals surface area contributed by atoms with Crippen LogP contribution in [0.1, 0.15) is 30.1 Å². The number of aryl methyl sites for hydroxylation is 1. The fraction of sp³-hybridized carbons (Fsp3) is 0.385. The van der Waals surface area contributed by atoms with Crippen molar-refractivity contribution >= 4 is 21.6 Å². The smallest absolute Gasteiger partial charge is 0.0548 e. The van der Waals surface area contributed by atoms with Gasteiger partial charge < -0.3 is 5.32 Å². The third kappa shape index (κ3) is 2.14. The average Bonchev–Trinajstić information content (AvgIpc) is 2.73. The molecule has 2 heterocycles. The molecule has 18 heavy (non-hydrogen) atoms. The number of hydrogen-bond donors (Lipinski definition) is 1. The van der Waals surface area contributed by atoms with E-state index in [1.807, 2.05) is 24.1 Å². The molecule has 0 aromatic carbocycles. The van der Waals surface area contributed by atoms with Crippen LogP contribution in [0.5, 0.6) is 0 Å². The number of anilines is 1. The van der Waals surface area contributed by atoms with Crippen molar-refractivity contribution < 1.29 is 0 Å². The van der Waals surface area contributed by atoms with Gasteiger partial charge >= 0.3 is 0 Å². The number of hydrogen-bond acceptors (Lipinski definition) is 3. The molecule has 4 nitrogen and oxygen atoms in total. The standard InChI is InChI=1S/C13H15BrN4/c1-18-13-4-2-3-12(11(13)8-16-18)17-10-5-9(14)6-15-7-10/h5-8,12,17H,2-4H2,1H3. The fourth-order valence-electron chi connectivity index (χ4n) is 2.55. The van der Waals surface area contributed by atoms with Gasteiger partial charge in [0.25, 0.3) is 0 Å². The van der Waals surface area contributed by atoms with E-state index < -0.39 is 0 Å². The minimum atomic E-state index is 0.346. The highest BCUT2D eigenvalue weighted by atomic mass is 79.9. The summed E-state index contributed by atoms with van der Waals surface area (Å²) in [6.45, 7) is 0. The number of fused-ring (bicyclic) bond motifs is 1. The molecule has 1 aliphatic carbocycles. The predicted molar refractivity (Wildman–Crippen MR) is 74.4 cm³/mol. The van der Waals surface area contributed by atoms with Crippen molar-refractivity contribution in [2.45, 2.75) is 25.3 Å². The highest BCUT2D eigenvalue weighted by molar-refractivity contribution is 9.10. The average molecular weight is 307 g/mol. The van der Waals surface area contributed by atoms with Crippen molar-refractivity contribution in [2.24, 2.45) is 7.05 Å². The van der Waals surface area contributed by atoms with Gasteiger partial charge in [0.05, 0.1) is 24.1 Å². The Labute approximate surface area is 115 Å². The first-order chi connectivity index (χ1) is 8.74. The summed E-state index contributed by atoms with van der Waals surface area (Å²) in [6.07, 6.45) is 9.10. The Morgan fingerprint density at radius 2 is 2.28 bits per heavy atom. The van der Waals surface area contributed by atoms with Crippen LogP contribution >= 0.6 is 15.9 Å². The van der Waals surface area contributed by atoms with E-state index in [0.717, 1.165) is 23.0 Å². The number of nitrogens with zero attached hydrogens (tertiary/aromatic N) is 3. The Morgan fingerprint density at radius 1 is 1.39 bits per heavy atom. The van der Waals surface area contributed by atoms with Crippen molar-refractivity contribution in [1.29, 1.82) is 0 Å². The van der Waals surface area contributed by atoms with Gasteiger partial charge in [-0.3, -0.25) is 9.67 Å². The lowest BCUT2D eigenvalue weighted by Gasteiger charge is -2.24. The summed E-state index contributed by atoms with van der Waals surface area (Å²) in [5, 5.41) is 7.90. The largest absolute Gasteiger partial charge is 0.377 e. The monoisotopic (exact) mass is 306 g/mol. The van der Waals surface area contributed by atoms with E-state index in [-0.39, 0.29) is 0 Å². The van der Waals surface area contributed by atoms with Crippen LogP contribution in [0.3, 0.4) is 0 Å². The van der Waals surface area contributed by atoms with Crippen LogP contribution in [-0.4, -0.2) is 14.8 Å². The molecule has 0 saturated heterocycles. The first-order valence-electron chi connectivity index (χ1n) is 6.12. The number of pyridine rings is 1. The molecular weight excluding hydrogens is 292 g/mol. The molecule has 0 radical (unpaired) electrons. The van der Waals surface area contributed by atoms with E-state index in [1.54, 1.807) is 6.20 Å². The highest BCUT2D eigenvalue weighted by Crippen LogP contribution is 2.32. The van der Waals surface area contributed by atoms with Crippen molar-refractivity contribution in [2.75, 3.05) is 5.32 Å². The summed E-state index contributed by atoms with van der Waals surface area (Å²) in [7, 11) is 2.02. The van der Waals surface area contributed by atoms with Crippen LogP contribution in [0.15, 0.2) is 29.1 Å². The summed E-state index contributed by atoms with van der Waals surface area (Å²) >= 11 is 3.44. The Balaban J connectivity index is 1.86. The van der Waals surface area contributed by atoms with E-state index in [4.69, 9.17) is 0 Å². The fourth-order valence-corrected chi connectivity index (χ4v) is 2.91. The van der Waals surface area contributed by atoms with Crippen molar-refractivity contribution in [3.8, 4) is 0 Å². The SMILES string of the molecule is Cn1ncc2c1CCCC2Nc1cncc(Br)c1. The van der Waals surface area contributed by atoms with Gasteiger partial charge in [-0.1, -0.05) is 0 Å². The number of rotatable bonds is 2. The zero-order valence-corrected chi connectivity index (χ0v) is 11.8. The molecule has 0 aliphatic heterocycles. The van der Waals surface area contributed by atoms with E-state index in [2.05, 4.69) is 37.4 Å². The second kappa shape index (κ2) is 4.72. The molecule has 1 atom stereocenters. The van der Waals surface area contributed by atoms with Crippen LogP contribution < -0.4 is 5.32 Å². The van der Waals surface area contributed by atoms with Gasteiger partial charge in [0, 0.05) is 29.0 Å². The van der Waals surface area contributed by atoms with Gasteiger partial charge in [0.1, 0.15) is 0 Å². The van der Waals surface area contributed by atoms with Crippen LogP contribution in [0.4, 0.5) is 5.69 Å². The Bertz CT molecular complexity index is 564. The zero-order chi connectivity index (χ0) is 12.5. The molecule has 0 spiro atoms. The predicted octanol–water partition coefficient (Wildman–Crippen LogP) is 3.07. The van der Waals surface area contributed by atoms with Crippen LogP contribution in [-0.2, 0) is 13.5 Å². The van der Waals surface area contributed by atoms with E-state index >= 15 is 0 Å². The molecule has 0 fully saturated rings. The molecule has 0 bridgehead atoms. The minimum Gasteiger partial charge on any atom is -0.377 e. The van der Waals surface area contributed by atoms with Gasteiger partial charge in [-0.2, -0.15) is 5.10 Å². The first kappa shape index (κ1) is 11.7. The lowest BCUT2D eigenvalue weighted by Crippen LogP contribution is -2.17. The van der Waals surface area contributed by atoms with Crippen LogP contribution in [0, 0.1) is 0 Å². The molecule has 2 aromatic heterocycles. The summed E-state index contributed by atoms with van der Waals surface area (Å²) < 4.78 is 2.98. The summed E-state index contributed by atoms with van der Waals surface area (Å²) in [6, 6.07) is 2.40. The molecular formula is C13H15BrN4. The van der Waals surface area contributed by atoms with Gasteiger partial charge in [-0.15, -0.1) is 0 Å². The highest BCUT2D eigenvalue weighted by Gasteiger charge is 2.23. The van der Waals surface area contributed by atoms with Crippen molar-refractivity contribution in [3.05, 3.63) is 40.4 Å². The van der Waals surface area contributed by atoms with Gasteiger partial charge in [-0.05, 0) is 41.3 Å². The van der Waals surface area contributed by atoms with Gasteiger partial charge in [0.15, 0.2) is 0 Å². The first-order valence-corrected chi connectivity index (χ1v) is 6.91. The van der Waals surface area contributed by atoms with E-state index in [1.165, 1.54) is 17.7 Å². The van der Waals surface area contributed by atoms with E-state index in [0.29, 0.717) is 6.04 Å². The molecule has 0 saturated carbocycles. The zero-order valence-electron chi connectivity index (χ0n) is 10.2. The second-order valence-electron chi connectivity index (χ2n) is 4.65. The Kier molecular flexibility index (Phi) is 3.07. The third-order valence-electron chi connectivity index (χ3n) is 3.42. The topological polar surface area (TPSA) is 42.7 Å². The molecule has 3 rings (SSSR count). The Hall–Kier alpha value is -1.36. The molecule has 5 heteroatoms. The van der Waals surface area contributed by atoms with Crippen molar-refractivity contribution in [1.82, 2.24) is 14.8 Å². The van der Waals surface area contributed by atoms with E-state index in [9.17, 15) is 0 Å². The number of nitrogens with one attached hydrogen (secondary N) is 1. The second-order valence-corrected chi connectivity index (χ2v) is 5.57. The normalized spacial score (nSPS) is 18.4. The molecule has 1 unspecified atom stereocenters. The molecule has 1 aliphatic rings. The van der Waals surface area contributed by atoms with Gasteiger partial charge in [-0.25, -0.2) is 0 Å².